The van der Waals surface area contributed by atoms with E-state index in [1.807, 2.05) is 4.90 Å². The van der Waals surface area contributed by atoms with Gasteiger partial charge in [0, 0.05) is 25.2 Å². The quantitative estimate of drug-likeness (QED) is 0.819. The number of rotatable bonds is 4. The molecule has 0 aromatic rings. The Bertz CT molecular complexity index is 295. The smallest absolute Gasteiger partial charge is 0.239 e. The highest BCUT2D eigenvalue weighted by Gasteiger charge is 2.36. The second-order valence-corrected chi connectivity index (χ2v) is 5.87. The molecule has 2 aliphatic rings. The first kappa shape index (κ1) is 13.8. The molecule has 3 atom stereocenters. The summed E-state index contributed by atoms with van der Waals surface area (Å²) in [6.45, 7) is 3.91. The summed E-state index contributed by atoms with van der Waals surface area (Å²) in [7, 11) is 2.20. The standard InChI is InChI=1S/C14H27N3O/c1-3-4-5-13(15)14(18)17-9-8-11-6-7-12(10-17)16(11)2/h11-13H,3-10,15H2,1-2H3/t11?,12?,13-/m0/s1. The zero-order chi connectivity index (χ0) is 13.1. The molecule has 2 N–H and O–H groups in total. The zero-order valence-corrected chi connectivity index (χ0v) is 11.8. The third-order valence-electron chi connectivity index (χ3n) is 4.65. The molecule has 4 heteroatoms. The van der Waals surface area contributed by atoms with Crippen LogP contribution in [0.25, 0.3) is 0 Å². The number of fused-ring (bicyclic) bond motifs is 2. The van der Waals surface area contributed by atoms with E-state index in [1.54, 1.807) is 0 Å². The topological polar surface area (TPSA) is 49.6 Å². The Hall–Kier alpha value is -0.610. The lowest BCUT2D eigenvalue weighted by atomic mass is 10.1. The van der Waals surface area contributed by atoms with E-state index in [1.165, 1.54) is 12.8 Å². The van der Waals surface area contributed by atoms with Crippen LogP contribution in [0.1, 0.15) is 45.4 Å². The van der Waals surface area contributed by atoms with Gasteiger partial charge in [-0.05, 0) is 32.7 Å². The van der Waals surface area contributed by atoms with E-state index in [0.717, 1.165) is 38.8 Å². The van der Waals surface area contributed by atoms with Gasteiger partial charge in [0.1, 0.15) is 0 Å². The second kappa shape index (κ2) is 6.02. The van der Waals surface area contributed by atoms with Crippen LogP contribution in [0.5, 0.6) is 0 Å². The van der Waals surface area contributed by atoms with E-state index >= 15 is 0 Å². The molecule has 104 valence electrons. The van der Waals surface area contributed by atoms with E-state index in [2.05, 4.69) is 18.9 Å². The number of likely N-dealkylation sites (tertiary alicyclic amines) is 1. The largest absolute Gasteiger partial charge is 0.340 e. The van der Waals surface area contributed by atoms with Crippen molar-refractivity contribution in [3.05, 3.63) is 0 Å². The molecular weight excluding hydrogens is 226 g/mol. The molecule has 2 rings (SSSR count). The van der Waals surface area contributed by atoms with Gasteiger partial charge in [-0.25, -0.2) is 0 Å². The third-order valence-corrected chi connectivity index (χ3v) is 4.65. The van der Waals surface area contributed by atoms with Gasteiger partial charge in [0.2, 0.25) is 5.91 Å². The SMILES string of the molecule is CCCC[C@H](N)C(=O)N1CCC2CCC(C1)N2C. The van der Waals surface area contributed by atoms with E-state index in [0.29, 0.717) is 12.1 Å². The van der Waals surface area contributed by atoms with Gasteiger partial charge in [-0.15, -0.1) is 0 Å². The van der Waals surface area contributed by atoms with Gasteiger partial charge in [0.15, 0.2) is 0 Å². The van der Waals surface area contributed by atoms with Crippen LogP contribution in [-0.2, 0) is 4.79 Å². The first-order valence-corrected chi connectivity index (χ1v) is 7.39. The maximum atomic E-state index is 12.3. The summed E-state index contributed by atoms with van der Waals surface area (Å²) in [5, 5.41) is 0. The van der Waals surface area contributed by atoms with Crippen molar-refractivity contribution in [2.24, 2.45) is 5.73 Å². The van der Waals surface area contributed by atoms with Crippen LogP contribution in [0.15, 0.2) is 0 Å². The summed E-state index contributed by atoms with van der Waals surface area (Å²) < 4.78 is 0. The molecule has 2 aliphatic heterocycles. The van der Waals surface area contributed by atoms with Crippen molar-refractivity contribution >= 4 is 5.91 Å². The molecule has 0 aliphatic carbocycles. The maximum absolute atomic E-state index is 12.3. The summed E-state index contributed by atoms with van der Waals surface area (Å²) in [5.74, 6) is 0.171. The fourth-order valence-corrected chi connectivity index (χ4v) is 3.29. The molecule has 2 unspecified atom stereocenters. The molecule has 0 saturated carbocycles. The van der Waals surface area contributed by atoms with Crippen LogP contribution in [0.2, 0.25) is 0 Å². The van der Waals surface area contributed by atoms with Crippen molar-refractivity contribution in [3.63, 3.8) is 0 Å². The average Bonchev–Trinajstić information content (AvgIpc) is 2.59. The summed E-state index contributed by atoms with van der Waals surface area (Å²) in [4.78, 5) is 16.8. The van der Waals surface area contributed by atoms with Crippen LogP contribution in [0.3, 0.4) is 0 Å². The van der Waals surface area contributed by atoms with Crippen molar-refractivity contribution in [1.82, 2.24) is 9.80 Å². The predicted molar refractivity (Wildman–Crippen MR) is 73.3 cm³/mol. The third kappa shape index (κ3) is 2.86. The van der Waals surface area contributed by atoms with Gasteiger partial charge in [0.25, 0.3) is 0 Å². The number of carbonyl (C=O) groups is 1. The molecule has 0 radical (unpaired) electrons. The molecule has 2 heterocycles. The summed E-state index contributed by atoms with van der Waals surface area (Å²) >= 11 is 0. The fourth-order valence-electron chi connectivity index (χ4n) is 3.29. The van der Waals surface area contributed by atoms with Gasteiger partial charge >= 0.3 is 0 Å². The minimum absolute atomic E-state index is 0.171. The minimum atomic E-state index is -0.285. The number of nitrogens with zero attached hydrogens (tertiary/aromatic N) is 2. The van der Waals surface area contributed by atoms with Crippen LogP contribution in [0.4, 0.5) is 0 Å². The summed E-state index contributed by atoms with van der Waals surface area (Å²) in [5.41, 5.74) is 6.01. The molecule has 0 aromatic heterocycles. The number of amides is 1. The predicted octanol–water partition coefficient (Wildman–Crippen LogP) is 1.20. The number of hydrogen-bond donors (Lipinski definition) is 1. The Balaban J connectivity index is 1.91. The highest BCUT2D eigenvalue weighted by molar-refractivity contribution is 5.81. The minimum Gasteiger partial charge on any atom is -0.340 e. The number of unbranched alkanes of at least 4 members (excludes halogenated alkanes) is 1. The lowest BCUT2D eigenvalue weighted by Crippen LogP contribution is -2.47. The highest BCUT2D eigenvalue weighted by Crippen LogP contribution is 2.28. The van der Waals surface area contributed by atoms with E-state index < -0.39 is 0 Å². The molecule has 0 aromatic carbocycles. The molecule has 2 saturated heterocycles. The van der Waals surface area contributed by atoms with Crippen LogP contribution < -0.4 is 5.73 Å². The van der Waals surface area contributed by atoms with Gasteiger partial charge < -0.3 is 10.6 Å². The molecule has 18 heavy (non-hydrogen) atoms. The molecule has 1 amide bonds. The van der Waals surface area contributed by atoms with Gasteiger partial charge in [-0.2, -0.15) is 0 Å². The van der Waals surface area contributed by atoms with E-state index in [-0.39, 0.29) is 11.9 Å². The number of nitrogens with two attached hydrogens (primary N) is 1. The monoisotopic (exact) mass is 253 g/mol. The Labute approximate surface area is 110 Å². The Morgan fingerprint density at radius 3 is 2.78 bits per heavy atom. The van der Waals surface area contributed by atoms with E-state index in [4.69, 9.17) is 5.73 Å². The summed E-state index contributed by atoms with van der Waals surface area (Å²) in [6.07, 6.45) is 6.62. The molecule has 0 spiro atoms. The molecular formula is C14H27N3O. The van der Waals surface area contributed by atoms with Gasteiger partial charge in [-0.3, -0.25) is 9.69 Å². The number of hydrogen-bond acceptors (Lipinski definition) is 3. The number of likely N-dealkylation sites (N-methyl/N-ethyl adjacent to an activating group) is 1. The van der Waals surface area contributed by atoms with Crippen molar-refractivity contribution < 1.29 is 4.79 Å². The zero-order valence-electron chi connectivity index (χ0n) is 11.8. The Morgan fingerprint density at radius 2 is 2.06 bits per heavy atom. The van der Waals surface area contributed by atoms with Gasteiger partial charge in [-0.1, -0.05) is 19.8 Å². The average molecular weight is 253 g/mol. The first-order chi connectivity index (χ1) is 8.63. The lowest BCUT2D eigenvalue weighted by molar-refractivity contribution is -0.133. The number of carbonyl (C=O) groups excluding carboxylic acids is 1. The van der Waals surface area contributed by atoms with Crippen molar-refractivity contribution in [2.45, 2.75) is 63.6 Å². The Morgan fingerprint density at radius 1 is 1.33 bits per heavy atom. The lowest BCUT2D eigenvalue weighted by Gasteiger charge is -2.28. The maximum Gasteiger partial charge on any atom is 0.239 e. The van der Waals surface area contributed by atoms with E-state index in [9.17, 15) is 4.79 Å². The molecule has 4 nitrogen and oxygen atoms in total. The first-order valence-electron chi connectivity index (χ1n) is 7.39. The van der Waals surface area contributed by atoms with Crippen molar-refractivity contribution in [2.75, 3.05) is 20.1 Å². The van der Waals surface area contributed by atoms with Crippen LogP contribution in [-0.4, -0.2) is 54.0 Å². The van der Waals surface area contributed by atoms with Crippen molar-refractivity contribution in [3.8, 4) is 0 Å². The van der Waals surface area contributed by atoms with Crippen LogP contribution in [0, 0.1) is 0 Å². The van der Waals surface area contributed by atoms with Gasteiger partial charge in [0.05, 0.1) is 6.04 Å². The normalized spacial score (nSPS) is 30.3. The fraction of sp³-hybridized carbons (Fsp3) is 0.929. The van der Waals surface area contributed by atoms with Crippen molar-refractivity contribution in [1.29, 1.82) is 0 Å². The Kier molecular flexibility index (Phi) is 4.62. The highest BCUT2D eigenvalue weighted by atomic mass is 16.2. The molecule has 2 fully saturated rings. The van der Waals surface area contributed by atoms with Crippen LogP contribution >= 0.6 is 0 Å². The molecule has 2 bridgehead atoms. The summed E-state index contributed by atoms with van der Waals surface area (Å²) in [6, 6.07) is 0.950. The second-order valence-electron chi connectivity index (χ2n) is 5.87.